The summed E-state index contributed by atoms with van der Waals surface area (Å²) in [5, 5.41) is 0.0677. The summed E-state index contributed by atoms with van der Waals surface area (Å²) in [6.45, 7) is 0. The fraction of sp³-hybridized carbons (Fsp3) is 0. The van der Waals surface area contributed by atoms with E-state index < -0.39 is 11.8 Å². The van der Waals surface area contributed by atoms with Gasteiger partial charge < -0.3 is 0 Å². The van der Waals surface area contributed by atoms with Gasteiger partial charge in [0.15, 0.2) is 0 Å². The van der Waals surface area contributed by atoms with Crippen LogP contribution in [0.2, 0.25) is 5.15 Å². The molecule has 6 nitrogen and oxygen atoms in total. The molecule has 19 heavy (non-hydrogen) atoms. The van der Waals surface area contributed by atoms with Gasteiger partial charge in [-0.3, -0.25) is 25.4 Å². The van der Waals surface area contributed by atoms with E-state index in [0.717, 1.165) is 0 Å². The maximum Gasteiger partial charge on any atom is 0.272 e. The van der Waals surface area contributed by atoms with E-state index in [9.17, 15) is 9.59 Å². The number of hydrogen-bond donors (Lipinski definition) is 2. The van der Waals surface area contributed by atoms with Crippen LogP contribution in [0.3, 0.4) is 0 Å². The van der Waals surface area contributed by atoms with Gasteiger partial charge in [-0.1, -0.05) is 11.6 Å². The molecule has 2 N–H and O–H groups in total. The van der Waals surface area contributed by atoms with Crippen molar-refractivity contribution in [2.75, 3.05) is 0 Å². The van der Waals surface area contributed by atoms with E-state index >= 15 is 0 Å². The SMILES string of the molecule is O=C(NNC(=O)c1cccnc1Cl)c1ccncc1. The van der Waals surface area contributed by atoms with Crippen molar-refractivity contribution in [2.24, 2.45) is 0 Å². The average molecular weight is 277 g/mol. The maximum atomic E-state index is 11.7. The molecule has 0 saturated heterocycles. The number of nitrogens with zero attached hydrogens (tertiary/aromatic N) is 2. The van der Waals surface area contributed by atoms with Crippen molar-refractivity contribution in [3.8, 4) is 0 Å². The standard InChI is InChI=1S/C12H9ClN4O2/c13-10-9(2-1-5-15-10)12(19)17-16-11(18)8-3-6-14-7-4-8/h1-7H,(H,16,18)(H,17,19). The Morgan fingerprint density at radius 1 is 1.00 bits per heavy atom. The Bertz CT molecular complexity index is 604. The summed E-state index contributed by atoms with van der Waals surface area (Å²) < 4.78 is 0. The highest BCUT2D eigenvalue weighted by Crippen LogP contribution is 2.10. The Morgan fingerprint density at radius 3 is 2.37 bits per heavy atom. The molecule has 0 aliphatic rings. The Hall–Kier alpha value is -2.47. The quantitative estimate of drug-likeness (QED) is 0.638. The molecule has 0 spiro atoms. The van der Waals surface area contributed by atoms with Gasteiger partial charge in [0, 0.05) is 24.2 Å². The monoisotopic (exact) mass is 276 g/mol. The van der Waals surface area contributed by atoms with Gasteiger partial charge in [-0.05, 0) is 24.3 Å². The van der Waals surface area contributed by atoms with Crippen molar-refractivity contribution in [2.45, 2.75) is 0 Å². The van der Waals surface area contributed by atoms with E-state index in [0.29, 0.717) is 5.56 Å². The number of halogens is 1. The van der Waals surface area contributed by atoms with Crippen LogP contribution in [-0.2, 0) is 0 Å². The number of pyridine rings is 2. The van der Waals surface area contributed by atoms with Gasteiger partial charge in [0.2, 0.25) is 0 Å². The van der Waals surface area contributed by atoms with Crippen LogP contribution in [0.1, 0.15) is 20.7 Å². The molecule has 96 valence electrons. The van der Waals surface area contributed by atoms with Crippen LogP contribution in [0.15, 0.2) is 42.9 Å². The van der Waals surface area contributed by atoms with Gasteiger partial charge in [0.1, 0.15) is 5.15 Å². The lowest BCUT2D eigenvalue weighted by atomic mass is 10.2. The van der Waals surface area contributed by atoms with E-state index in [1.165, 1.54) is 36.8 Å². The van der Waals surface area contributed by atoms with Crippen molar-refractivity contribution in [1.82, 2.24) is 20.8 Å². The third-order valence-electron chi connectivity index (χ3n) is 2.24. The van der Waals surface area contributed by atoms with Crippen LogP contribution in [0.5, 0.6) is 0 Å². The number of aromatic nitrogens is 2. The molecular weight excluding hydrogens is 268 g/mol. The minimum absolute atomic E-state index is 0.0677. The van der Waals surface area contributed by atoms with E-state index in [1.807, 2.05) is 0 Å². The predicted molar refractivity (Wildman–Crippen MR) is 68.4 cm³/mol. The predicted octanol–water partition coefficient (Wildman–Crippen LogP) is 1.20. The van der Waals surface area contributed by atoms with E-state index in [4.69, 9.17) is 11.6 Å². The Kier molecular flexibility index (Phi) is 4.04. The summed E-state index contributed by atoms with van der Waals surface area (Å²) in [7, 11) is 0. The van der Waals surface area contributed by atoms with E-state index in [-0.39, 0.29) is 10.7 Å². The summed E-state index contributed by atoms with van der Waals surface area (Å²) in [4.78, 5) is 31.0. The zero-order valence-corrected chi connectivity index (χ0v) is 10.4. The van der Waals surface area contributed by atoms with Crippen LogP contribution < -0.4 is 10.9 Å². The van der Waals surface area contributed by atoms with Crippen LogP contribution in [0.25, 0.3) is 0 Å². The lowest BCUT2D eigenvalue weighted by Crippen LogP contribution is -2.41. The molecule has 0 aromatic carbocycles. The molecule has 2 heterocycles. The molecule has 0 bridgehead atoms. The number of carbonyl (C=O) groups excluding carboxylic acids is 2. The first-order chi connectivity index (χ1) is 9.18. The number of amides is 2. The first-order valence-corrected chi connectivity index (χ1v) is 5.67. The van der Waals surface area contributed by atoms with Gasteiger partial charge in [0.25, 0.3) is 11.8 Å². The van der Waals surface area contributed by atoms with Crippen LogP contribution in [0.4, 0.5) is 0 Å². The highest BCUT2D eigenvalue weighted by Gasteiger charge is 2.12. The smallest absolute Gasteiger partial charge is 0.267 e. The lowest BCUT2D eigenvalue weighted by molar-refractivity contribution is 0.0846. The van der Waals surface area contributed by atoms with Gasteiger partial charge >= 0.3 is 0 Å². The summed E-state index contributed by atoms with van der Waals surface area (Å²) in [6, 6.07) is 6.13. The normalized spacial score (nSPS) is 9.74. The summed E-state index contributed by atoms with van der Waals surface area (Å²) in [5.74, 6) is -0.990. The molecule has 0 unspecified atom stereocenters. The summed E-state index contributed by atoms with van der Waals surface area (Å²) in [6.07, 6.45) is 4.43. The molecule has 7 heteroatoms. The van der Waals surface area contributed by atoms with Gasteiger partial charge in [-0.15, -0.1) is 0 Å². The van der Waals surface area contributed by atoms with Crippen LogP contribution >= 0.6 is 11.6 Å². The molecule has 0 fully saturated rings. The van der Waals surface area contributed by atoms with Gasteiger partial charge in [-0.2, -0.15) is 0 Å². The highest BCUT2D eigenvalue weighted by molar-refractivity contribution is 6.32. The Labute approximate surface area is 113 Å². The zero-order valence-electron chi connectivity index (χ0n) is 9.63. The highest BCUT2D eigenvalue weighted by atomic mass is 35.5. The second kappa shape index (κ2) is 5.92. The third-order valence-corrected chi connectivity index (χ3v) is 2.54. The van der Waals surface area contributed by atoms with Crippen molar-refractivity contribution < 1.29 is 9.59 Å². The Morgan fingerprint density at radius 2 is 1.68 bits per heavy atom. The summed E-state index contributed by atoms with van der Waals surface area (Å²) in [5.41, 5.74) is 5.09. The summed E-state index contributed by atoms with van der Waals surface area (Å²) >= 11 is 5.76. The topological polar surface area (TPSA) is 84.0 Å². The molecule has 2 aromatic rings. The number of hydrazine groups is 1. The second-order valence-corrected chi connectivity index (χ2v) is 3.84. The van der Waals surface area contributed by atoms with Gasteiger partial charge in [-0.25, -0.2) is 4.98 Å². The van der Waals surface area contributed by atoms with Crippen molar-refractivity contribution in [3.63, 3.8) is 0 Å². The molecule has 0 saturated carbocycles. The maximum absolute atomic E-state index is 11.7. The lowest BCUT2D eigenvalue weighted by Gasteiger charge is -2.07. The molecular formula is C12H9ClN4O2. The van der Waals surface area contributed by atoms with Crippen LogP contribution in [-0.4, -0.2) is 21.8 Å². The molecule has 2 amide bonds. The number of nitrogens with one attached hydrogen (secondary N) is 2. The van der Waals surface area contributed by atoms with Crippen molar-refractivity contribution >= 4 is 23.4 Å². The molecule has 0 aliphatic heterocycles. The first-order valence-electron chi connectivity index (χ1n) is 5.29. The number of hydrogen-bond acceptors (Lipinski definition) is 4. The van der Waals surface area contributed by atoms with Gasteiger partial charge in [0.05, 0.1) is 5.56 Å². The molecule has 0 atom stereocenters. The molecule has 0 radical (unpaired) electrons. The molecule has 2 rings (SSSR count). The van der Waals surface area contributed by atoms with E-state index in [2.05, 4.69) is 20.8 Å². The third kappa shape index (κ3) is 3.26. The minimum atomic E-state index is -0.541. The fourth-order valence-electron chi connectivity index (χ4n) is 1.31. The van der Waals surface area contributed by atoms with Crippen molar-refractivity contribution in [3.05, 3.63) is 59.1 Å². The largest absolute Gasteiger partial charge is 0.272 e. The van der Waals surface area contributed by atoms with Crippen molar-refractivity contribution in [1.29, 1.82) is 0 Å². The van der Waals surface area contributed by atoms with E-state index in [1.54, 1.807) is 6.07 Å². The molecule has 0 aliphatic carbocycles. The first kappa shape index (κ1) is 13.0. The zero-order chi connectivity index (χ0) is 13.7. The molecule has 2 aromatic heterocycles. The second-order valence-electron chi connectivity index (χ2n) is 3.49. The minimum Gasteiger partial charge on any atom is -0.267 e. The van der Waals surface area contributed by atoms with Crippen LogP contribution in [0, 0.1) is 0 Å². The number of rotatable bonds is 2. The Balaban J connectivity index is 1.98. The number of carbonyl (C=O) groups is 2. The average Bonchev–Trinajstić information content (AvgIpc) is 2.46. The fourth-order valence-corrected chi connectivity index (χ4v) is 1.52.